The fourth-order valence-electron chi connectivity index (χ4n) is 1.22. The van der Waals surface area contributed by atoms with Crippen molar-refractivity contribution in [1.29, 1.82) is 0 Å². The number of carboxylic acid groups (broad SMARTS) is 1. The van der Waals surface area contributed by atoms with E-state index in [1.807, 2.05) is 0 Å². The molecule has 88 valence electrons. The van der Waals surface area contributed by atoms with Crippen LogP contribution in [0.3, 0.4) is 0 Å². The van der Waals surface area contributed by atoms with Gasteiger partial charge in [0.1, 0.15) is 11.9 Å². The summed E-state index contributed by atoms with van der Waals surface area (Å²) in [5.41, 5.74) is 0.640. The van der Waals surface area contributed by atoms with Gasteiger partial charge in [-0.3, -0.25) is 0 Å². The van der Waals surface area contributed by atoms with Crippen LogP contribution in [-0.4, -0.2) is 41.3 Å². The number of hydrogen-bond acceptors (Lipinski definition) is 5. The first-order valence-corrected chi connectivity index (χ1v) is 4.97. The molecule has 0 saturated carbocycles. The second-order valence-corrected chi connectivity index (χ2v) is 3.21. The third-order valence-electron chi connectivity index (χ3n) is 2.02. The summed E-state index contributed by atoms with van der Waals surface area (Å²) in [6.45, 7) is 1.87. The van der Waals surface area contributed by atoms with Crippen LogP contribution in [0, 0.1) is 0 Å². The number of hydrogen-bond donors (Lipinski definition) is 2. The molecule has 0 fully saturated rings. The molecule has 0 amide bonds. The van der Waals surface area contributed by atoms with Gasteiger partial charge in [0.15, 0.2) is 0 Å². The SMILES string of the molecule is COCCCNCc1ncncc1C(=O)O. The molecule has 1 rings (SSSR count). The highest BCUT2D eigenvalue weighted by Gasteiger charge is 2.10. The molecule has 6 nitrogen and oxygen atoms in total. The fraction of sp³-hybridized carbons (Fsp3) is 0.500. The van der Waals surface area contributed by atoms with Crippen molar-refractivity contribution in [1.82, 2.24) is 15.3 Å². The molecule has 0 unspecified atom stereocenters. The minimum atomic E-state index is -1.01. The van der Waals surface area contributed by atoms with Gasteiger partial charge in [0.05, 0.1) is 5.69 Å². The molecule has 0 aromatic carbocycles. The molecule has 16 heavy (non-hydrogen) atoms. The number of carboxylic acids is 1. The van der Waals surface area contributed by atoms with E-state index in [-0.39, 0.29) is 5.56 Å². The van der Waals surface area contributed by atoms with E-state index in [2.05, 4.69) is 15.3 Å². The molecule has 0 bridgehead atoms. The highest BCUT2D eigenvalue weighted by molar-refractivity contribution is 5.88. The highest BCUT2D eigenvalue weighted by Crippen LogP contribution is 2.02. The van der Waals surface area contributed by atoms with E-state index in [0.717, 1.165) is 13.0 Å². The van der Waals surface area contributed by atoms with Crippen LogP contribution in [0.1, 0.15) is 22.5 Å². The summed E-state index contributed by atoms with van der Waals surface area (Å²) in [4.78, 5) is 18.4. The van der Waals surface area contributed by atoms with E-state index >= 15 is 0 Å². The van der Waals surface area contributed by atoms with Gasteiger partial charge in [-0.2, -0.15) is 0 Å². The van der Waals surface area contributed by atoms with Crippen LogP contribution in [0.5, 0.6) is 0 Å². The average molecular weight is 225 g/mol. The van der Waals surface area contributed by atoms with E-state index in [1.165, 1.54) is 12.5 Å². The predicted molar refractivity (Wildman–Crippen MR) is 57.2 cm³/mol. The topological polar surface area (TPSA) is 84.3 Å². The standard InChI is InChI=1S/C10H15N3O3/c1-16-4-2-3-11-6-9-8(10(14)15)5-12-7-13-9/h5,7,11H,2-4,6H2,1H3,(H,14,15). The zero-order chi connectivity index (χ0) is 11.8. The fourth-order valence-corrected chi connectivity index (χ4v) is 1.22. The monoisotopic (exact) mass is 225 g/mol. The van der Waals surface area contributed by atoms with Gasteiger partial charge in [0, 0.05) is 26.5 Å². The number of ether oxygens (including phenoxy) is 1. The molecule has 0 aliphatic rings. The van der Waals surface area contributed by atoms with Crippen LogP contribution in [0.25, 0.3) is 0 Å². The summed E-state index contributed by atoms with van der Waals surface area (Å²) in [7, 11) is 1.65. The Labute approximate surface area is 93.7 Å². The van der Waals surface area contributed by atoms with Crippen LogP contribution in [0.2, 0.25) is 0 Å². The van der Waals surface area contributed by atoms with E-state index in [9.17, 15) is 4.79 Å². The van der Waals surface area contributed by atoms with Gasteiger partial charge in [-0.05, 0) is 13.0 Å². The summed E-state index contributed by atoms with van der Waals surface area (Å²) in [6.07, 6.45) is 3.53. The van der Waals surface area contributed by atoms with E-state index in [1.54, 1.807) is 7.11 Å². The molecule has 0 radical (unpaired) electrons. The summed E-state index contributed by atoms with van der Waals surface area (Å²) < 4.78 is 4.90. The molecule has 6 heteroatoms. The summed E-state index contributed by atoms with van der Waals surface area (Å²) in [5.74, 6) is -1.01. The first kappa shape index (κ1) is 12.5. The molecular weight excluding hydrogens is 210 g/mol. The van der Waals surface area contributed by atoms with Crippen LogP contribution < -0.4 is 5.32 Å². The predicted octanol–water partition coefficient (Wildman–Crippen LogP) is 0.301. The number of rotatable bonds is 7. The van der Waals surface area contributed by atoms with Crippen LogP contribution in [0.4, 0.5) is 0 Å². The number of methoxy groups -OCH3 is 1. The third kappa shape index (κ3) is 3.92. The maximum Gasteiger partial charge on any atom is 0.339 e. The van der Waals surface area contributed by atoms with Crippen molar-refractivity contribution >= 4 is 5.97 Å². The lowest BCUT2D eigenvalue weighted by atomic mass is 10.2. The molecule has 0 aliphatic heterocycles. The smallest absolute Gasteiger partial charge is 0.339 e. The Morgan fingerprint density at radius 2 is 2.44 bits per heavy atom. The van der Waals surface area contributed by atoms with E-state index < -0.39 is 5.97 Å². The maximum atomic E-state index is 10.8. The Kier molecular flexibility index (Phi) is 5.38. The van der Waals surface area contributed by atoms with Crippen LogP contribution in [-0.2, 0) is 11.3 Å². The zero-order valence-corrected chi connectivity index (χ0v) is 9.14. The minimum Gasteiger partial charge on any atom is -0.478 e. The largest absolute Gasteiger partial charge is 0.478 e. The second kappa shape index (κ2) is 6.86. The molecule has 1 aromatic rings. The Balaban J connectivity index is 2.44. The number of carbonyl (C=O) groups is 1. The van der Waals surface area contributed by atoms with E-state index in [4.69, 9.17) is 9.84 Å². The normalized spacial score (nSPS) is 10.3. The first-order valence-electron chi connectivity index (χ1n) is 4.97. The number of nitrogens with zero attached hydrogens (tertiary/aromatic N) is 2. The molecule has 2 N–H and O–H groups in total. The van der Waals surface area contributed by atoms with Gasteiger partial charge < -0.3 is 15.2 Å². The van der Waals surface area contributed by atoms with Gasteiger partial charge in [-0.1, -0.05) is 0 Å². The zero-order valence-electron chi connectivity index (χ0n) is 9.14. The molecule has 0 saturated heterocycles. The average Bonchev–Trinajstić information content (AvgIpc) is 2.29. The van der Waals surface area contributed by atoms with Crippen molar-refractivity contribution in [2.24, 2.45) is 0 Å². The van der Waals surface area contributed by atoms with Crippen molar-refractivity contribution in [2.45, 2.75) is 13.0 Å². The van der Waals surface area contributed by atoms with Gasteiger partial charge in [0.25, 0.3) is 0 Å². The Morgan fingerprint density at radius 3 is 3.12 bits per heavy atom. The highest BCUT2D eigenvalue weighted by atomic mass is 16.5. The lowest BCUT2D eigenvalue weighted by Gasteiger charge is -2.05. The number of aromatic carboxylic acids is 1. The molecule has 0 spiro atoms. The van der Waals surface area contributed by atoms with Gasteiger partial charge in [-0.25, -0.2) is 14.8 Å². The summed E-state index contributed by atoms with van der Waals surface area (Å²) >= 11 is 0. The Hall–Kier alpha value is -1.53. The minimum absolute atomic E-state index is 0.141. The number of aromatic nitrogens is 2. The van der Waals surface area contributed by atoms with Crippen LogP contribution >= 0.6 is 0 Å². The maximum absolute atomic E-state index is 10.8. The quantitative estimate of drug-likeness (QED) is 0.649. The van der Waals surface area contributed by atoms with Crippen molar-refractivity contribution in [3.63, 3.8) is 0 Å². The van der Waals surface area contributed by atoms with E-state index in [0.29, 0.717) is 18.8 Å². The van der Waals surface area contributed by atoms with Crippen molar-refractivity contribution < 1.29 is 14.6 Å². The molecule has 0 atom stereocenters. The van der Waals surface area contributed by atoms with Gasteiger partial charge in [-0.15, -0.1) is 0 Å². The van der Waals surface area contributed by atoms with Crippen molar-refractivity contribution in [3.8, 4) is 0 Å². The Morgan fingerprint density at radius 1 is 1.62 bits per heavy atom. The summed E-state index contributed by atoms with van der Waals surface area (Å²) in [5, 5.41) is 12.0. The first-order chi connectivity index (χ1) is 7.75. The van der Waals surface area contributed by atoms with Crippen molar-refractivity contribution in [3.05, 3.63) is 23.8 Å². The number of nitrogens with one attached hydrogen (secondary N) is 1. The summed E-state index contributed by atoms with van der Waals surface area (Å²) in [6, 6.07) is 0. The molecule has 1 heterocycles. The van der Waals surface area contributed by atoms with Crippen molar-refractivity contribution in [2.75, 3.05) is 20.3 Å². The second-order valence-electron chi connectivity index (χ2n) is 3.21. The molecule has 1 aromatic heterocycles. The lowest BCUT2D eigenvalue weighted by Crippen LogP contribution is -2.19. The Bertz CT molecular complexity index is 344. The lowest BCUT2D eigenvalue weighted by molar-refractivity contribution is 0.0694. The molecule has 0 aliphatic carbocycles. The third-order valence-corrected chi connectivity index (χ3v) is 2.02. The van der Waals surface area contributed by atoms with Gasteiger partial charge >= 0.3 is 5.97 Å². The van der Waals surface area contributed by atoms with Crippen LogP contribution in [0.15, 0.2) is 12.5 Å². The van der Waals surface area contributed by atoms with Gasteiger partial charge in [0.2, 0.25) is 0 Å². The molecular formula is C10H15N3O3.